The molecule has 29 heavy (non-hydrogen) atoms. The van der Waals surface area contributed by atoms with Crippen LogP contribution in [-0.4, -0.2) is 35.3 Å². The maximum absolute atomic E-state index is 12.7. The van der Waals surface area contributed by atoms with E-state index in [1.54, 1.807) is 20.8 Å². The van der Waals surface area contributed by atoms with Crippen LogP contribution in [0.1, 0.15) is 58.4 Å². The van der Waals surface area contributed by atoms with E-state index in [-0.39, 0.29) is 19.6 Å². The molecular formula is C22H31NO6. The van der Waals surface area contributed by atoms with Gasteiger partial charge in [0.2, 0.25) is 0 Å². The Labute approximate surface area is 171 Å². The number of esters is 1. The minimum Gasteiger partial charge on any atom is -0.481 e. The molecule has 7 nitrogen and oxygen atoms in total. The van der Waals surface area contributed by atoms with Crippen LogP contribution in [0.3, 0.4) is 0 Å². The average molecular weight is 405 g/mol. The van der Waals surface area contributed by atoms with Gasteiger partial charge in [0, 0.05) is 6.54 Å². The van der Waals surface area contributed by atoms with E-state index >= 15 is 0 Å². The van der Waals surface area contributed by atoms with Gasteiger partial charge in [-0.05, 0) is 45.6 Å². The van der Waals surface area contributed by atoms with Crippen molar-refractivity contribution in [1.29, 1.82) is 0 Å². The van der Waals surface area contributed by atoms with Gasteiger partial charge in [0.15, 0.2) is 0 Å². The molecule has 0 saturated heterocycles. The van der Waals surface area contributed by atoms with Crippen molar-refractivity contribution in [1.82, 2.24) is 5.32 Å². The van der Waals surface area contributed by atoms with Crippen LogP contribution >= 0.6 is 0 Å². The Morgan fingerprint density at radius 1 is 1.14 bits per heavy atom. The lowest BCUT2D eigenvalue weighted by Crippen LogP contribution is -2.41. The quantitative estimate of drug-likeness (QED) is 0.636. The van der Waals surface area contributed by atoms with Gasteiger partial charge in [-0.2, -0.15) is 0 Å². The molecule has 1 fully saturated rings. The van der Waals surface area contributed by atoms with Gasteiger partial charge in [0.05, 0.1) is 11.3 Å². The summed E-state index contributed by atoms with van der Waals surface area (Å²) in [5.74, 6) is -2.16. The molecule has 1 aliphatic rings. The van der Waals surface area contributed by atoms with Crippen LogP contribution in [-0.2, 0) is 25.7 Å². The predicted octanol–water partition coefficient (Wildman–Crippen LogP) is 3.91. The van der Waals surface area contributed by atoms with Crippen molar-refractivity contribution in [3.63, 3.8) is 0 Å². The maximum atomic E-state index is 12.7. The van der Waals surface area contributed by atoms with E-state index in [4.69, 9.17) is 9.47 Å². The summed E-state index contributed by atoms with van der Waals surface area (Å²) in [6.45, 7) is 5.35. The summed E-state index contributed by atoms with van der Waals surface area (Å²) in [5.41, 5.74) is -0.797. The number of carbonyl (C=O) groups excluding carboxylic acids is 2. The molecule has 1 atom stereocenters. The molecule has 1 aliphatic carbocycles. The van der Waals surface area contributed by atoms with Crippen molar-refractivity contribution in [2.24, 2.45) is 11.3 Å². The second kappa shape index (κ2) is 9.76. The molecule has 0 bridgehead atoms. The number of carboxylic acids is 1. The topological polar surface area (TPSA) is 102 Å². The number of rotatable bonds is 8. The summed E-state index contributed by atoms with van der Waals surface area (Å²) in [6.07, 6.45) is 2.18. The molecule has 1 saturated carbocycles. The van der Waals surface area contributed by atoms with Crippen molar-refractivity contribution in [2.45, 2.75) is 65.1 Å². The monoisotopic (exact) mass is 405 g/mol. The third-order valence-corrected chi connectivity index (χ3v) is 5.10. The molecule has 0 heterocycles. The van der Waals surface area contributed by atoms with E-state index in [1.165, 1.54) is 0 Å². The number of aliphatic carboxylic acids is 1. The molecule has 1 aromatic rings. The smallest absolute Gasteiger partial charge is 0.407 e. The van der Waals surface area contributed by atoms with E-state index < -0.39 is 35.0 Å². The summed E-state index contributed by atoms with van der Waals surface area (Å²) in [4.78, 5) is 36.7. The van der Waals surface area contributed by atoms with Gasteiger partial charge in [-0.3, -0.25) is 9.59 Å². The molecule has 0 unspecified atom stereocenters. The summed E-state index contributed by atoms with van der Waals surface area (Å²) in [5, 5.41) is 12.3. The highest BCUT2D eigenvalue weighted by atomic mass is 16.6. The zero-order valence-corrected chi connectivity index (χ0v) is 17.4. The van der Waals surface area contributed by atoms with Crippen LogP contribution in [0.2, 0.25) is 0 Å². The van der Waals surface area contributed by atoms with Crippen LogP contribution in [0.25, 0.3) is 0 Å². The van der Waals surface area contributed by atoms with Gasteiger partial charge in [0.1, 0.15) is 12.2 Å². The number of nitrogens with one attached hydrogen (secondary N) is 1. The fraction of sp³-hybridized carbons (Fsp3) is 0.591. The van der Waals surface area contributed by atoms with Crippen molar-refractivity contribution in [3.05, 3.63) is 35.9 Å². The Bertz CT molecular complexity index is 704. The molecular weight excluding hydrogens is 374 g/mol. The van der Waals surface area contributed by atoms with Crippen LogP contribution in [0, 0.1) is 11.3 Å². The van der Waals surface area contributed by atoms with Gasteiger partial charge in [-0.25, -0.2) is 4.79 Å². The maximum Gasteiger partial charge on any atom is 0.407 e. The first-order valence-corrected chi connectivity index (χ1v) is 10.0. The molecule has 160 valence electrons. The van der Waals surface area contributed by atoms with E-state index in [1.807, 2.05) is 30.3 Å². The highest BCUT2D eigenvalue weighted by Gasteiger charge is 2.45. The molecule has 2 N–H and O–H groups in total. The first kappa shape index (κ1) is 22.7. The molecule has 2 rings (SSSR count). The molecule has 7 heteroatoms. The molecule has 0 aromatic heterocycles. The minimum atomic E-state index is -0.947. The third-order valence-electron chi connectivity index (χ3n) is 5.10. The van der Waals surface area contributed by atoms with Crippen molar-refractivity contribution >= 4 is 18.0 Å². The summed E-state index contributed by atoms with van der Waals surface area (Å²) < 4.78 is 10.7. The zero-order valence-electron chi connectivity index (χ0n) is 17.4. The van der Waals surface area contributed by atoms with Gasteiger partial charge in [-0.15, -0.1) is 0 Å². The Morgan fingerprint density at radius 2 is 1.76 bits per heavy atom. The van der Waals surface area contributed by atoms with E-state index in [2.05, 4.69) is 5.32 Å². The number of carbonyl (C=O) groups is 3. The second-order valence-corrected chi connectivity index (χ2v) is 8.67. The fourth-order valence-corrected chi connectivity index (χ4v) is 3.63. The Morgan fingerprint density at radius 3 is 2.31 bits per heavy atom. The van der Waals surface area contributed by atoms with Crippen LogP contribution in [0.5, 0.6) is 0 Å². The first-order chi connectivity index (χ1) is 13.6. The number of ether oxygens (including phenoxy) is 2. The Hall–Kier alpha value is -2.57. The minimum absolute atomic E-state index is 0.0302. The average Bonchev–Trinajstić information content (AvgIpc) is 3.13. The fourth-order valence-electron chi connectivity index (χ4n) is 3.63. The summed E-state index contributed by atoms with van der Waals surface area (Å²) in [6, 6.07) is 9.25. The van der Waals surface area contributed by atoms with E-state index in [9.17, 15) is 19.5 Å². The molecule has 0 aliphatic heterocycles. The number of benzene rings is 1. The van der Waals surface area contributed by atoms with Crippen LogP contribution in [0.4, 0.5) is 4.79 Å². The zero-order chi connectivity index (χ0) is 21.5. The lowest BCUT2D eigenvalue weighted by molar-refractivity contribution is -0.162. The number of hydrogen-bond acceptors (Lipinski definition) is 5. The highest BCUT2D eigenvalue weighted by molar-refractivity contribution is 5.78. The third kappa shape index (κ3) is 7.07. The molecule has 0 radical (unpaired) electrons. The number of hydrogen-bond donors (Lipinski definition) is 2. The second-order valence-electron chi connectivity index (χ2n) is 8.67. The predicted molar refractivity (Wildman–Crippen MR) is 107 cm³/mol. The SMILES string of the molecule is CC(C)(C)OC(=O)[C@H](CNC(=O)OCc1ccccc1)CC1(C(=O)O)CCCC1. The Balaban J connectivity index is 1.99. The summed E-state index contributed by atoms with van der Waals surface area (Å²) in [7, 11) is 0. The standard InChI is InChI=1S/C22H31NO6/c1-21(2,3)29-18(24)17(13-22(19(25)26)11-7-8-12-22)14-23-20(27)28-15-16-9-5-4-6-10-16/h4-6,9-10,17H,7-8,11-15H2,1-3H3,(H,23,27)(H,25,26)/t17-/m0/s1. The van der Waals surface area contributed by atoms with Crippen molar-refractivity contribution in [2.75, 3.05) is 6.54 Å². The lowest BCUT2D eigenvalue weighted by atomic mass is 9.77. The Kier molecular flexibility index (Phi) is 7.65. The lowest BCUT2D eigenvalue weighted by Gasteiger charge is -2.30. The normalized spacial score (nSPS) is 16.7. The summed E-state index contributed by atoms with van der Waals surface area (Å²) >= 11 is 0. The van der Waals surface area contributed by atoms with Crippen LogP contribution < -0.4 is 5.32 Å². The van der Waals surface area contributed by atoms with Gasteiger partial charge in [0.25, 0.3) is 0 Å². The van der Waals surface area contributed by atoms with E-state index in [0.717, 1.165) is 18.4 Å². The van der Waals surface area contributed by atoms with Crippen molar-refractivity contribution < 1.29 is 29.0 Å². The molecule has 1 amide bonds. The number of amides is 1. The highest BCUT2D eigenvalue weighted by Crippen LogP contribution is 2.43. The van der Waals surface area contributed by atoms with E-state index in [0.29, 0.717) is 12.8 Å². The molecule has 1 aromatic carbocycles. The largest absolute Gasteiger partial charge is 0.481 e. The number of carboxylic acid groups (broad SMARTS) is 1. The van der Waals surface area contributed by atoms with Gasteiger partial charge in [-0.1, -0.05) is 43.2 Å². The van der Waals surface area contributed by atoms with Gasteiger partial charge < -0.3 is 19.9 Å². The first-order valence-electron chi connectivity index (χ1n) is 10.0. The number of alkyl carbamates (subject to hydrolysis) is 1. The van der Waals surface area contributed by atoms with Crippen LogP contribution in [0.15, 0.2) is 30.3 Å². The molecule has 0 spiro atoms. The van der Waals surface area contributed by atoms with Gasteiger partial charge >= 0.3 is 18.0 Å². The van der Waals surface area contributed by atoms with Crippen molar-refractivity contribution in [3.8, 4) is 0 Å².